The van der Waals surface area contributed by atoms with Gasteiger partial charge in [0.2, 0.25) is 0 Å². The minimum atomic E-state index is -2.79. The number of rotatable bonds is 5. The van der Waals surface area contributed by atoms with Gasteiger partial charge in [0.15, 0.2) is 0 Å². The van der Waals surface area contributed by atoms with Gasteiger partial charge in [0.1, 0.15) is 0 Å². The first-order valence-electron chi connectivity index (χ1n) is 6.19. The molecule has 0 amide bonds. The zero-order valence-electron chi connectivity index (χ0n) is 11.2. The minimum Gasteiger partial charge on any atom is -0.381 e. The highest BCUT2D eigenvalue weighted by Crippen LogP contribution is 2.31. The molecule has 0 aliphatic heterocycles. The van der Waals surface area contributed by atoms with Crippen LogP contribution in [-0.4, -0.2) is 9.91 Å². The molecule has 0 radical (unpaired) electrons. The van der Waals surface area contributed by atoms with Gasteiger partial charge in [-0.15, -0.1) is 0 Å². The van der Waals surface area contributed by atoms with Crippen molar-refractivity contribution in [3.63, 3.8) is 0 Å². The second-order valence-electron chi connectivity index (χ2n) is 4.49. The summed E-state index contributed by atoms with van der Waals surface area (Å²) >= 11 is 0. The molecule has 0 bridgehead atoms. The maximum Gasteiger partial charge on any atom is 0.270 e. The number of pyridine rings is 1. The number of aryl methyl sites for hydroxylation is 1. The monoisotopic (exact) mass is 293 g/mol. The normalized spacial score (nSPS) is 10.7. The van der Waals surface area contributed by atoms with Crippen molar-refractivity contribution in [2.24, 2.45) is 0 Å². The summed E-state index contributed by atoms with van der Waals surface area (Å²) in [6.07, 6.45) is 0.514. The molecule has 1 N–H and O–H groups in total. The maximum absolute atomic E-state index is 13.0. The fourth-order valence-electron chi connectivity index (χ4n) is 1.90. The largest absolute Gasteiger partial charge is 0.381 e. The lowest BCUT2D eigenvalue weighted by atomic mass is 10.1. The summed E-state index contributed by atoms with van der Waals surface area (Å²) in [5.74, 6) is 0. The van der Waals surface area contributed by atoms with Gasteiger partial charge in [-0.3, -0.25) is 15.1 Å². The van der Waals surface area contributed by atoms with Gasteiger partial charge >= 0.3 is 0 Å². The molecule has 5 nitrogen and oxygen atoms in total. The molecule has 110 valence electrons. The highest BCUT2D eigenvalue weighted by atomic mass is 19.3. The van der Waals surface area contributed by atoms with E-state index in [2.05, 4.69) is 10.3 Å². The summed E-state index contributed by atoms with van der Waals surface area (Å²) in [5, 5.41) is 13.5. The summed E-state index contributed by atoms with van der Waals surface area (Å²) in [7, 11) is 0. The Bertz CT molecular complexity index is 662. The van der Waals surface area contributed by atoms with Gasteiger partial charge in [-0.2, -0.15) is 0 Å². The molecule has 0 aliphatic carbocycles. The van der Waals surface area contributed by atoms with E-state index in [0.717, 1.165) is 17.2 Å². The van der Waals surface area contributed by atoms with Crippen molar-refractivity contribution in [2.75, 3.05) is 5.32 Å². The van der Waals surface area contributed by atoms with Gasteiger partial charge in [0.25, 0.3) is 12.1 Å². The van der Waals surface area contributed by atoms with Crippen LogP contribution in [0.4, 0.5) is 20.2 Å². The highest BCUT2D eigenvalue weighted by Gasteiger charge is 2.17. The summed E-state index contributed by atoms with van der Waals surface area (Å²) in [6.45, 7) is 2.21. The van der Waals surface area contributed by atoms with Gasteiger partial charge < -0.3 is 5.32 Å². The van der Waals surface area contributed by atoms with E-state index in [4.69, 9.17) is 0 Å². The fraction of sp³-hybridized carbons (Fsp3) is 0.214. The van der Waals surface area contributed by atoms with E-state index < -0.39 is 11.3 Å². The first-order chi connectivity index (χ1) is 9.99. The number of hydrogen-bond donors (Lipinski definition) is 1. The molecule has 1 heterocycles. The molecular weight excluding hydrogens is 280 g/mol. The van der Waals surface area contributed by atoms with E-state index in [9.17, 15) is 18.9 Å². The average molecular weight is 293 g/mol. The molecule has 0 saturated heterocycles. The number of nitro groups is 1. The number of anilines is 1. The Kier molecular flexibility index (Phi) is 4.42. The Morgan fingerprint density at radius 2 is 2.14 bits per heavy atom. The molecule has 0 unspecified atom stereocenters. The van der Waals surface area contributed by atoms with Gasteiger partial charge in [0, 0.05) is 42.3 Å². The number of nitrogens with one attached hydrogen (secondary N) is 1. The van der Waals surface area contributed by atoms with Gasteiger partial charge in [0.05, 0.1) is 4.92 Å². The van der Waals surface area contributed by atoms with Crippen LogP contribution in [0.5, 0.6) is 0 Å². The van der Waals surface area contributed by atoms with Crippen LogP contribution in [0.15, 0.2) is 36.7 Å². The molecule has 0 spiro atoms. The number of nitro benzene ring substituents is 1. The van der Waals surface area contributed by atoms with Crippen molar-refractivity contribution < 1.29 is 13.7 Å². The van der Waals surface area contributed by atoms with Crippen molar-refractivity contribution in [2.45, 2.75) is 19.9 Å². The van der Waals surface area contributed by atoms with Crippen LogP contribution >= 0.6 is 0 Å². The third kappa shape index (κ3) is 3.50. The van der Waals surface area contributed by atoms with Gasteiger partial charge in [-0.1, -0.05) is 0 Å². The zero-order chi connectivity index (χ0) is 15.4. The van der Waals surface area contributed by atoms with Crippen LogP contribution < -0.4 is 5.32 Å². The second-order valence-corrected chi connectivity index (χ2v) is 4.49. The molecule has 2 rings (SSSR count). The van der Waals surface area contributed by atoms with Gasteiger partial charge in [-0.05, 0) is 30.2 Å². The predicted octanol–water partition coefficient (Wildman–Crippen LogP) is 3.85. The van der Waals surface area contributed by atoms with Crippen molar-refractivity contribution in [1.82, 2.24) is 4.98 Å². The number of halogens is 2. The van der Waals surface area contributed by atoms with E-state index >= 15 is 0 Å². The van der Waals surface area contributed by atoms with Crippen molar-refractivity contribution in [3.8, 4) is 0 Å². The molecule has 0 fully saturated rings. The van der Waals surface area contributed by atoms with Crippen LogP contribution in [0.2, 0.25) is 0 Å². The standard InChI is InChI=1S/C14H13F2N3O2/c1-9-7-17-5-4-10(9)8-18-13-3-2-11(19(20)21)6-12(13)14(15)16/h2-7,14,18H,8H2,1H3. The first kappa shape index (κ1) is 14.8. The fourth-order valence-corrected chi connectivity index (χ4v) is 1.90. The summed E-state index contributed by atoms with van der Waals surface area (Å²) in [5.41, 5.74) is 1.31. The smallest absolute Gasteiger partial charge is 0.270 e. The van der Waals surface area contributed by atoms with E-state index in [1.807, 2.05) is 6.92 Å². The third-order valence-electron chi connectivity index (χ3n) is 3.09. The number of hydrogen-bond acceptors (Lipinski definition) is 4. The van der Waals surface area contributed by atoms with E-state index in [-0.39, 0.29) is 16.9 Å². The molecule has 7 heteroatoms. The third-order valence-corrected chi connectivity index (χ3v) is 3.09. The molecule has 0 aliphatic rings. The predicted molar refractivity (Wildman–Crippen MR) is 74.4 cm³/mol. The Hall–Kier alpha value is -2.57. The van der Waals surface area contributed by atoms with Crippen molar-refractivity contribution >= 4 is 11.4 Å². The number of aromatic nitrogens is 1. The number of alkyl halides is 2. The number of non-ortho nitro benzene ring substituents is 1. The first-order valence-corrected chi connectivity index (χ1v) is 6.19. The Morgan fingerprint density at radius 3 is 2.76 bits per heavy atom. The van der Waals surface area contributed by atoms with Crippen molar-refractivity contribution in [3.05, 3.63) is 63.5 Å². The van der Waals surface area contributed by atoms with Crippen LogP contribution in [0, 0.1) is 17.0 Å². The van der Waals surface area contributed by atoms with Crippen molar-refractivity contribution in [1.29, 1.82) is 0 Å². The minimum absolute atomic E-state index is 0.187. The Morgan fingerprint density at radius 1 is 1.38 bits per heavy atom. The lowest BCUT2D eigenvalue weighted by molar-refractivity contribution is -0.385. The zero-order valence-corrected chi connectivity index (χ0v) is 11.2. The van der Waals surface area contributed by atoms with E-state index in [1.54, 1.807) is 18.5 Å². The van der Waals surface area contributed by atoms with Crippen LogP contribution in [0.1, 0.15) is 23.1 Å². The quantitative estimate of drug-likeness (QED) is 0.671. The van der Waals surface area contributed by atoms with Crippen LogP contribution in [0.3, 0.4) is 0 Å². The molecule has 0 atom stereocenters. The SMILES string of the molecule is Cc1cnccc1CNc1ccc([N+](=O)[O-])cc1C(F)F. The van der Waals surface area contributed by atoms with Gasteiger partial charge in [-0.25, -0.2) is 8.78 Å². The molecule has 21 heavy (non-hydrogen) atoms. The number of benzene rings is 1. The molecule has 0 saturated carbocycles. The van der Waals surface area contributed by atoms with Crippen LogP contribution in [-0.2, 0) is 6.54 Å². The molecule has 1 aromatic heterocycles. The summed E-state index contributed by atoms with van der Waals surface area (Å²) < 4.78 is 26.0. The lowest BCUT2D eigenvalue weighted by Crippen LogP contribution is -2.05. The maximum atomic E-state index is 13.0. The topological polar surface area (TPSA) is 68.1 Å². The summed E-state index contributed by atoms with van der Waals surface area (Å²) in [4.78, 5) is 13.9. The second kappa shape index (κ2) is 6.25. The lowest BCUT2D eigenvalue weighted by Gasteiger charge is -2.12. The summed E-state index contributed by atoms with van der Waals surface area (Å²) in [6, 6.07) is 5.19. The molecule has 1 aromatic carbocycles. The number of nitrogens with zero attached hydrogens (tertiary/aromatic N) is 2. The van der Waals surface area contributed by atoms with E-state index in [1.165, 1.54) is 12.1 Å². The Balaban J connectivity index is 2.23. The van der Waals surface area contributed by atoms with Crippen LogP contribution in [0.25, 0.3) is 0 Å². The van der Waals surface area contributed by atoms with E-state index in [0.29, 0.717) is 6.54 Å². The highest BCUT2D eigenvalue weighted by molar-refractivity contribution is 5.57. The Labute approximate surface area is 119 Å². The average Bonchev–Trinajstić information content (AvgIpc) is 2.46. The molecular formula is C14H13F2N3O2. The molecule has 2 aromatic rings.